The van der Waals surface area contributed by atoms with Crippen molar-refractivity contribution in [2.24, 2.45) is 0 Å². The maximum absolute atomic E-state index is 12.1. The van der Waals surface area contributed by atoms with E-state index in [-0.39, 0.29) is 11.9 Å². The number of hydrogen-bond acceptors (Lipinski definition) is 3. The van der Waals surface area contributed by atoms with Crippen LogP contribution < -0.4 is 9.47 Å². The van der Waals surface area contributed by atoms with Crippen LogP contribution in [0.25, 0.3) is 0 Å². The second-order valence-corrected chi connectivity index (χ2v) is 5.66. The van der Waals surface area contributed by atoms with Crippen molar-refractivity contribution in [3.8, 4) is 17.2 Å². The first-order chi connectivity index (χ1) is 10.7. The monoisotopic (exact) mass is 296 g/mol. The summed E-state index contributed by atoms with van der Waals surface area (Å²) in [6, 6.07) is 13.5. The van der Waals surface area contributed by atoms with Crippen molar-refractivity contribution < 1.29 is 14.3 Å². The summed E-state index contributed by atoms with van der Waals surface area (Å²) in [5.74, 6) is 1.65. The Bertz CT molecular complexity index is 691. The summed E-state index contributed by atoms with van der Waals surface area (Å²) in [5, 5.41) is 0. The molecule has 0 aromatic heterocycles. The van der Waals surface area contributed by atoms with E-state index >= 15 is 0 Å². The molecule has 0 radical (unpaired) electrons. The van der Waals surface area contributed by atoms with Gasteiger partial charge in [-0.05, 0) is 31.0 Å². The van der Waals surface area contributed by atoms with Crippen molar-refractivity contribution in [2.75, 3.05) is 0 Å². The molecule has 0 saturated heterocycles. The van der Waals surface area contributed by atoms with Crippen LogP contribution in [0, 0.1) is 6.92 Å². The fourth-order valence-corrected chi connectivity index (χ4v) is 2.77. The topological polar surface area (TPSA) is 35.5 Å². The number of para-hydroxylation sites is 2. The molecule has 0 saturated carbocycles. The van der Waals surface area contributed by atoms with E-state index in [1.807, 2.05) is 49.4 Å². The molecule has 2 aromatic carbocycles. The normalized spacial score (nSPS) is 16.3. The number of benzene rings is 2. The molecule has 2 aromatic rings. The van der Waals surface area contributed by atoms with Crippen LogP contribution in [-0.2, 0) is 4.79 Å². The van der Waals surface area contributed by atoms with Crippen molar-refractivity contribution in [2.45, 2.75) is 39.0 Å². The third-order valence-corrected chi connectivity index (χ3v) is 4.03. The van der Waals surface area contributed by atoms with Crippen molar-refractivity contribution in [3.63, 3.8) is 0 Å². The van der Waals surface area contributed by atoms with Crippen LogP contribution in [0.1, 0.15) is 43.2 Å². The van der Waals surface area contributed by atoms with Gasteiger partial charge in [0, 0.05) is 5.56 Å². The Morgan fingerprint density at radius 2 is 1.86 bits per heavy atom. The molecular formula is C19H20O3. The van der Waals surface area contributed by atoms with E-state index in [0.717, 1.165) is 36.1 Å². The molecule has 0 N–H and O–H groups in total. The Kier molecular flexibility index (Phi) is 4.14. The van der Waals surface area contributed by atoms with Gasteiger partial charge in [-0.2, -0.15) is 0 Å². The van der Waals surface area contributed by atoms with E-state index in [2.05, 4.69) is 6.92 Å². The number of fused-ring (bicyclic) bond motifs is 1. The molecule has 1 atom stereocenters. The lowest BCUT2D eigenvalue weighted by atomic mass is 9.95. The molecule has 1 heterocycles. The largest absolute Gasteiger partial charge is 0.453 e. The summed E-state index contributed by atoms with van der Waals surface area (Å²) in [5.41, 5.74) is 2.00. The minimum Gasteiger partial charge on any atom is -0.453 e. The van der Waals surface area contributed by atoms with Crippen LogP contribution in [0.3, 0.4) is 0 Å². The third kappa shape index (κ3) is 2.71. The SMILES string of the molecule is CCCCC1C(=O)Oc2c(Oc3ccccc3C)cccc21. The maximum atomic E-state index is 12.1. The molecule has 0 bridgehead atoms. The smallest absolute Gasteiger partial charge is 0.319 e. The number of unbranched alkanes of at least 4 members (excludes halogenated alkanes) is 1. The summed E-state index contributed by atoms with van der Waals surface area (Å²) < 4.78 is 11.5. The van der Waals surface area contributed by atoms with Gasteiger partial charge in [0.05, 0.1) is 5.92 Å². The molecule has 0 amide bonds. The highest BCUT2D eigenvalue weighted by Gasteiger charge is 2.34. The molecule has 0 aliphatic carbocycles. The zero-order chi connectivity index (χ0) is 15.5. The molecule has 1 aliphatic heterocycles. The highest BCUT2D eigenvalue weighted by Crippen LogP contribution is 2.45. The van der Waals surface area contributed by atoms with Gasteiger partial charge in [0.25, 0.3) is 0 Å². The Balaban J connectivity index is 1.91. The second-order valence-electron chi connectivity index (χ2n) is 5.66. The van der Waals surface area contributed by atoms with E-state index in [1.54, 1.807) is 0 Å². The summed E-state index contributed by atoms with van der Waals surface area (Å²) in [6.45, 7) is 4.12. The van der Waals surface area contributed by atoms with Gasteiger partial charge >= 0.3 is 5.97 Å². The van der Waals surface area contributed by atoms with Crippen LogP contribution in [0.5, 0.6) is 17.2 Å². The van der Waals surface area contributed by atoms with Gasteiger partial charge in [0.1, 0.15) is 5.75 Å². The van der Waals surface area contributed by atoms with Gasteiger partial charge in [-0.15, -0.1) is 0 Å². The fourth-order valence-electron chi connectivity index (χ4n) is 2.77. The second kappa shape index (κ2) is 6.22. The summed E-state index contributed by atoms with van der Waals surface area (Å²) >= 11 is 0. The highest BCUT2D eigenvalue weighted by atomic mass is 16.6. The minimum atomic E-state index is -0.163. The molecule has 0 fully saturated rings. The number of hydrogen-bond donors (Lipinski definition) is 0. The maximum Gasteiger partial charge on any atom is 0.319 e. The zero-order valence-electron chi connectivity index (χ0n) is 13.0. The Morgan fingerprint density at radius 3 is 2.64 bits per heavy atom. The minimum absolute atomic E-state index is 0.157. The first kappa shape index (κ1) is 14.6. The summed E-state index contributed by atoms with van der Waals surface area (Å²) in [7, 11) is 0. The first-order valence-corrected chi connectivity index (χ1v) is 7.78. The molecular weight excluding hydrogens is 276 g/mol. The van der Waals surface area contributed by atoms with Crippen LogP contribution >= 0.6 is 0 Å². The molecule has 1 unspecified atom stereocenters. The van der Waals surface area contributed by atoms with Crippen molar-refractivity contribution in [3.05, 3.63) is 53.6 Å². The lowest BCUT2D eigenvalue weighted by molar-refractivity contribution is -0.134. The van der Waals surface area contributed by atoms with E-state index in [0.29, 0.717) is 11.5 Å². The molecule has 3 heteroatoms. The van der Waals surface area contributed by atoms with Gasteiger partial charge < -0.3 is 9.47 Å². The van der Waals surface area contributed by atoms with Gasteiger partial charge in [0.15, 0.2) is 11.5 Å². The highest BCUT2D eigenvalue weighted by molar-refractivity contribution is 5.87. The van der Waals surface area contributed by atoms with Gasteiger partial charge in [0.2, 0.25) is 0 Å². The van der Waals surface area contributed by atoms with E-state index in [1.165, 1.54) is 0 Å². The molecule has 0 spiro atoms. The van der Waals surface area contributed by atoms with Crippen molar-refractivity contribution >= 4 is 5.97 Å². The first-order valence-electron chi connectivity index (χ1n) is 7.78. The van der Waals surface area contributed by atoms with Crippen LogP contribution in [0.4, 0.5) is 0 Å². The third-order valence-electron chi connectivity index (χ3n) is 4.03. The van der Waals surface area contributed by atoms with E-state index in [9.17, 15) is 4.79 Å². The number of ether oxygens (including phenoxy) is 2. The lowest BCUT2D eigenvalue weighted by Gasteiger charge is -2.11. The number of carbonyl (C=O) groups is 1. The molecule has 22 heavy (non-hydrogen) atoms. The Morgan fingerprint density at radius 1 is 1.09 bits per heavy atom. The summed E-state index contributed by atoms with van der Waals surface area (Å²) in [4.78, 5) is 12.1. The predicted molar refractivity (Wildman–Crippen MR) is 85.6 cm³/mol. The van der Waals surface area contributed by atoms with E-state index < -0.39 is 0 Å². The predicted octanol–water partition coefficient (Wildman–Crippen LogP) is 4.98. The summed E-state index contributed by atoms with van der Waals surface area (Å²) in [6.07, 6.45) is 2.91. The molecule has 3 nitrogen and oxygen atoms in total. The Labute approximate surface area is 130 Å². The fraction of sp³-hybridized carbons (Fsp3) is 0.316. The van der Waals surface area contributed by atoms with Gasteiger partial charge in [-0.3, -0.25) is 4.79 Å². The van der Waals surface area contributed by atoms with Gasteiger partial charge in [-0.25, -0.2) is 0 Å². The lowest BCUT2D eigenvalue weighted by Crippen LogP contribution is -2.09. The molecule has 114 valence electrons. The molecule has 1 aliphatic rings. The number of carbonyl (C=O) groups excluding carboxylic acids is 1. The van der Waals surface area contributed by atoms with E-state index in [4.69, 9.17) is 9.47 Å². The standard InChI is InChI=1S/C19H20O3/c1-3-4-9-15-14-10-7-12-17(18(14)22-19(15)20)21-16-11-6-5-8-13(16)2/h5-8,10-12,15H,3-4,9H2,1-2H3. The van der Waals surface area contributed by atoms with Crippen LogP contribution in [0.15, 0.2) is 42.5 Å². The number of rotatable bonds is 5. The van der Waals surface area contributed by atoms with Crippen LogP contribution in [-0.4, -0.2) is 5.97 Å². The van der Waals surface area contributed by atoms with Crippen LogP contribution in [0.2, 0.25) is 0 Å². The molecule has 3 rings (SSSR count). The number of esters is 1. The zero-order valence-corrected chi connectivity index (χ0v) is 13.0. The Hall–Kier alpha value is -2.29. The average Bonchev–Trinajstić information content (AvgIpc) is 2.84. The average molecular weight is 296 g/mol. The van der Waals surface area contributed by atoms with Gasteiger partial charge in [-0.1, -0.05) is 50.1 Å². The van der Waals surface area contributed by atoms with Crippen molar-refractivity contribution in [1.29, 1.82) is 0 Å². The number of aryl methyl sites for hydroxylation is 1. The van der Waals surface area contributed by atoms with Crippen molar-refractivity contribution in [1.82, 2.24) is 0 Å². The quantitative estimate of drug-likeness (QED) is 0.576.